The van der Waals surface area contributed by atoms with Crippen molar-refractivity contribution in [3.63, 3.8) is 0 Å². The normalized spacial score (nSPS) is 14.2. The van der Waals surface area contributed by atoms with Crippen LogP contribution in [0.2, 0.25) is 0 Å². The van der Waals surface area contributed by atoms with E-state index in [9.17, 15) is 9.59 Å². The lowest BCUT2D eigenvalue weighted by Crippen LogP contribution is -2.35. The number of ketones is 1. The fraction of sp³-hybridized carbons (Fsp3) is 0.400. The third-order valence-corrected chi connectivity index (χ3v) is 4.77. The van der Waals surface area contributed by atoms with Crippen molar-refractivity contribution in [1.29, 1.82) is 0 Å². The van der Waals surface area contributed by atoms with Gasteiger partial charge >= 0.3 is 5.97 Å². The van der Waals surface area contributed by atoms with Gasteiger partial charge in [-0.2, -0.15) is 0 Å². The zero-order valence-electron chi connectivity index (χ0n) is 15.0. The number of hydrogen-bond acceptors (Lipinski definition) is 4. The van der Waals surface area contributed by atoms with Crippen LogP contribution in [0.5, 0.6) is 0 Å². The van der Waals surface area contributed by atoms with Crippen molar-refractivity contribution >= 4 is 11.8 Å². The van der Waals surface area contributed by atoms with Gasteiger partial charge in [0.05, 0.1) is 24.4 Å². The number of hydrogen-bond donors (Lipinski definition) is 1. The number of benzene rings is 1. The number of H-pyrrole nitrogens is 1. The van der Waals surface area contributed by atoms with E-state index in [0.717, 1.165) is 19.5 Å². The molecule has 1 aromatic heterocycles. The lowest BCUT2D eigenvalue weighted by molar-refractivity contribution is 0.0525. The van der Waals surface area contributed by atoms with Crippen LogP contribution in [0.3, 0.4) is 0 Å². The third-order valence-electron chi connectivity index (χ3n) is 4.77. The SMILES string of the molecule is CCOC(=O)c1c(C)[nH]c(C(=O)CN2CCc3ccccc3C2)c1C. The van der Waals surface area contributed by atoms with Gasteiger partial charge in [-0.15, -0.1) is 0 Å². The Kier molecular flexibility index (Phi) is 5.04. The first-order valence-corrected chi connectivity index (χ1v) is 8.69. The quantitative estimate of drug-likeness (QED) is 0.671. The molecule has 0 unspecified atom stereocenters. The van der Waals surface area contributed by atoms with Crippen LogP contribution in [-0.4, -0.2) is 41.3 Å². The number of Topliss-reactive ketones (excluding diaryl/α,β-unsaturated/α-hetero) is 1. The summed E-state index contributed by atoms with van der Waals surface area (Å²) in [5.41, 5.74) is 5.01. The number of aromatic amines is 1. The van der Waals surface area contributed by atoms with E-state index in [1.807, 2.05) is 6.07 Å². The van der Waals surface area contributed by atoms with Gasteiger partial charge in [-0.05, 0) is 43.9 Å². The fourth-order valence-corrected chi connectivity index (χ4v) is 3.51. The molecule has 0 bridgehead atoms. The van der Waals surface area contributed by atoms with Crippen LogP contribution in [0.1, 0.15) is 50.2 Å². The monoisotopic (exact) mass is 340 g/mol. The summed E-state index contributed by atoms with van der Waals surface area (Å²) >= 11 is 0. The predicted octanol–water partition coefficient (Wildman–Crippen LogP) is 3.05. The zero-order chi connectivity index (χ0) is 18.0. The molecule has 0 saturated heterocycles. The Hall–Kier alpha value is -2.40. The van der Waals surface area contributed by atoms with Crippen molar-refractivity contribution < 1.29 is 14.3 Å². The lowest BCUT2D eigenvalue weighted by Gasteiger charge is -2.28. The molecule has 5 nitrogen and oxygen atoms in total. The summed E-state index contributed by atoms with van der Waals surface area (Å²) in [5, 5.41) is 0. The highest BCUT2D eigenvalue weighted by Gasteiger charge is 2.25. The number of nitrogens with one attached hydrogen (secondary N) is 1. The highest BCUT2D eigenvalue weighted by Crippen LogP contribution is 2.22. The van der Waals surface area contributed by atoms with Crippen LogP contribution in [0.25, 0.3) is 0 Å². The highest BCUT2D eigenvalue weighted by atomic mass is 16.5. The number of fused-ring (bicyclic) bond motifs is 1. The van der Waals surface area contributed by atoms with E-state index in [4.69, 9.17) is 4.74 Å². The second-order valence-electron chi connectivity index (χ2n) is 6.50. The predicted molar refractivity (Wildman–Crippen MR) is 96.0 cm³/mol. The first-order chi connectivity index (χ1) is 12.0. The largest absolute Gasteiger partial charge is 0.462 e. The van der Waals surface area contributed by atoms with E-state index in [-0.39, 0.29) is 11.8 Å². The van der Waals surface area contributed by atoms with E-state index < -0.39 is 0 Å². The van der Waals surface area contributed by atoms with Gasteiger partial charge in [0.1, 0.15) is 0 Å². The Bertz CT molecular complexity index is 807. The number of esters is 1. The van der Waals surface area contributed by atoms with Crippen LogP contribution >= 0.6 is 0 Å². The minimum atomic E-state index is -0.375. The molecule has 1 aromatic carbocycles. The summed E-state index contributed by atoms with van der Waals surface area (Å²) in [6.45, 7) is 7.69. The molecule has 0 saturated carbocycles. The maximum absolute atomic E-state index is 12.8. The van der Waals surface area contributed by atoms with Crippen molar-refractivity contribution in [1.82, 2.24) is 9.88 Å². The molecule has 25 heavy (non-hydrogen) atoms. The number of ether oxygens (including phenoxy) is 1. The summed E-state index contributed by atoms with van der Waals surface area (Å²) in [7, 11) is 0. The molecular weight excluding hydrogens is 316 g/mol. The first kappa shape index (κ1) is 17.4. The van der Waals surface area contributed by atoms with Crippen LogP contribution in [-0.2, 0) is 17.7 Å². The maximum Gasteiger partial charge on any atom is 0.340 e. The van der Waals surface area contributed by atoms with Gasteiger partial charge in [-0.25, -0.2) is 4.79 Å². The molecule has 132 valence electrons. The smallest absolute Gasteiger partial charge is 0.340 e. The van der Waals surface area contributed by atoms with E-state index in [1.54, 1.807) is 20.8 Å². The molecule has 1 N–H and O–H groups in total. The first-order valence-electron chi connectivity index (χ1n) is 8.69. The minimum absolute atomic E-state index is 0.00975. The summed E-state index contributed by atoms with van der Waals surface area (Å²) in [6, 6.07) is 8.36. The highest BCUT2D eigenvalue weighted by molar-refractivity contribution is 6.02. The number of rotatable bonds is 5. The van der Waals surface area contributed by atoms with Crippen LogP contribution in [0, 0.1) is 13.8 Å². The molecule has 2 aromatic rings. The third kappa shape index (κ3) is 3.51. The van der Waals surface area contributed by atoms with Crippen LogP contribution in [0.15, 0.2) is 24.3 Å². The average Bonchev–Trinajstić information content (AvgIpc) is 2.89. The van der Waals surface area contributed by atoms with Gasteiger partial charge in [0.25, 0.3) is 0 Å². The Labute approximate surface area is 148 Å². The van der Waals surface area contributed by atoms with E-state index in [1.165, 1.54) is 11.1 Å². The summed E-state index contributed by atoms with van der Waals surface area (Å²) < 4.78 is 5.09. The second-order valence-corrected chi connectivity index (χ2v) is 6.50. The van der Waals surface area contributed by atoms with Gasteiger partial charge < -0.3 is 9.72 Å². The summed E-state index contributed by atoms with van der Waals surface area (Å²) in [6.07, 6.45) is 0.959. The molecule has 0 aliphatic carbocycles. The number of aryl methyl sites for hydroxylation is 1. The number of carbonyl (C=O) groups is 2. The van der Waals surface area contributed by atoms with Gasteiger partial charge in [0.2, 0.25) is 0 Å². The molecule has 0 fully saturated rings. The molecule has 0 spiro atoms. The number of nitrogens with zero attached hydrogens (tertiary/aromatic N) is 1. The molecule has 0 radical (unpaired) electrons. The van der Waals surface area contributed by atoms with E-state index >= 15 is 0 Å². The maximum atomic E-state index is 12.8. The molecule has 3 rings (SSSR count). The Balaban J connectivity index is 1.74. The summed E-state index contributed by atoms with van der Waals surface area (Å²) in [4.78, 5) is 30.1. The van der Waals surface area contributed by atoms with Gasteiger partial charge in [-0.3, -0.25) is 9.69 Å². The van der Waals surface area contributed by atoms with Crippen LogP contribution in [0.4, 0.5) is 0 Å². The van der Waals surface area contributed by atoms with Gasteiger partial charge in [-0.1, -0.05) is 24.3 Å². The molecule has 1 aliphatic heterocycles. The van der Waals surface area contributed by atoms with Crippen molar-refractivity contribution in [2.24, 2.45) is 0 Å². The molecule has 0 amide bonds. The molecule has 1 aliphatic rings. The molecule has 2 heterocycles. The lowest BCUT2D eigenvalue weighted by atomic mass is 9.99. The fourth-order valence-electron chi connectivity index (χ4n) is 3.51. The van der Waals surface area contributed by atoms with Crippen molar-refractivity contribution in [2.45, 2.75) is 33.7 Å². The average molecular weight is 340 g/mol. The second kappa shape index (κ2) is 7.23. The molecule has 0 atom stereocenters. The van der Waals surface area contributed by atoms with Crippen molar-refractivity contribution in [2.75, 3.05) is 19.7 Å². The van der Waals surface area contributed by atoms with Crippen LogP contribution < -0.4 is 0 Å². The zero-order valence-corrected chi connectivity index (χ0v) is 15.0. The molecule has 5 heteroatoms. The summed E-state index contributed by atoms with van der Waals surface area (Å²) in [5.74, 6) is -0.366. The van der Waals surface area contributed by atoms with Gasteiger partial charge in [0, 0.05) is 18.8 Å². The Morgan fingerprint density at radius 2 is 1.92 bits per heavy atom. The Morgan fingerprint density at radius 3 is 2.64 bits per heavy atom. The molecular formula is C20H24N2O3. The number of aromatic nitrogens is 1. The number of carbonyl (C=O) groups excluding carboxylic acids is 2. The van der Waals surface area contributed by atoms with E-state index in [0.29, 0.717) is 35.7 Å². The standard InChI is InChI=1S/C20H24N2O3/c1-4-25-20(24)18-13(2)19(21-14(18)3)17(23)12-22-10-9-15-7-5-6-8-16(15)11-22/h5-8,21H,4,9-12H2,1-3H3. The Morgan fingerprint density at radius 1 is 1.20 bits per heavy atom. The van der Waals surface area contributed by atoms with Crippen molar-refractivity contribution in [3.05, 3.63) is 57.9 Å². The topological polar surface area (TPSA) is 62.4 Å². The van der Waals surface area contributed by atoms with Crippen molar-refractivity contribution in [3.8, 4) is 0 Å². The van der Waals surface area contributed by atoms with Gasteiger partial charge in [0.15, 0.2) is 5.78 Å². The minimum Gasteiger partial charge on any atom is -0.462 e. The van der Waals surface area contributed by atoms with E-state index in [2.05, 4.69) is 28.1 Å².